The van der Waals surface area contributed by atoms with Crippen molar-refractivity contribution in [1.29, 1.82) is 0 Å². The van der Waals surface area contributed by atoms with Crippen molar-refractivity contribution in [3.05, 3.63) is 65.4 Å². The Balaban J connectivity index is 1.81. The predicted molar refractivity (Wildman–Crippen MR) is 93.1 cm³/mol. The third-order valence-corrected chi connectivity index (χ3v) is 3.86. The zero-order chi connectivity index (χ0) is 19.4. The molecule has 2 aromatic rings. The van der Waals surface area contributed by atoms with Gasteiger partial charge in [-0.25, -0.2) is 4.79 Å². The summed E-state index contributed by atoms with van der Waals surface area (Å²) in [6.45, 7) is -2.83. The summed E-state index contributed by atoms with van der Waals surface area (Å²) < 4.78 is 34.2. The van der Waals surface area contributed by atoms with Gasteiger partial charge in [-0.05, 0) is 29.3 Å². The van der Waals surface area contributed by atoms with Crippen LogP contribution in [0.15, 0.2) is 54.2 Å². The van der Waals surface area contributed by atoms with Crippen molar-refractivity contribution in [2.24, 2.45) is 0 Å². The van der Waals surface area contributed by atoms with Crippen LogP contribution in [-0.2, 0) is 11.3 Å². The van der Waals surface area contributed by atoms with Crippen LogP contribution in [-0.4, -0.2) is 30.6 Å². The van der Waals surface area contributed by atoms with Gasteiger partial charge in [0.2, 0.25) is 0 Å². The number of halogens is 2. The standard InChI is InChI=1S/C19H16F2N2O4/c1-26-16-10-13(7-8-15(16)27-18(20)21)9-14-17(24)23(19(25)22-14)11-12-5-3-2-4-6-12/h2-10,18H,11H2,1H3,(H,22,25)/b14-9-. The molecule has 0 bridgehead atoms. The van der Waals surface area contributed by atoms with Crippen LogP contribution in [0.25, 0.3) is 6.08 Å². The normalized spacial score (nSPS) is 15.4. The van der Waals surface area contributed by atoms with Gasteiger partial charge < -0.3 is 14.8 Å². The second-order valence-corrected chi connectivity index (χ2v) is 5.65. The average Bonchev–Trinajstić information content (AvgIpc) is 2.91. The van der Waals surface area contributed by atoms with Gasteiger partial charge in [0.15, 0.2) is 11.5 Å². The Morgan fingerprint density at radius 2 is 1.85 bits per heavy atom. The minimum Gasteiger partial charge on any atom is -0.493 e. The number of amides is 3. The van der Waals surface area contributed by atoms with Gasteiger partial charge in [0.25, 0.3) is 5.91 Å². The van der Waals surface area contributed by atoms with Gasteiger partial charge in [-0.2, -0.15) is 8.78 Å². The summed E-state index contributed by atoms with van der Waals surface area (Å²) >= 11 is 0. The summed E-state index contributed by atoms with van der Waals surface area (Å²) in [4.78, 5) is 25.7. The third kappa shape index (κ3) is 4.22. The smallest absolute Gasteiger partial charge is 0.387 e. The quantitative estimate of drug-likeness (QED) is 0.622. The first-order valence-corrected chi connectivity index (χ1v) is 7.99. The second-order valence-electron chi connectivity index (χ2n) is 5.65. The fourth-order valence-electron chi connectivity index (χ4n) is 2.62. The van der Waals surface area contributed by atoms with Crippen LogP contribution in [0.2, 0.25) is 0 Å². The zero-order valence-electron chi connectivity index (χ0n) is 14.3. The van der Waals surface area contributed by atoms with Gasteiger partial charge in [-0.15, -0.1) is 0 Å². The Hall–Kier alpha value is -3.42. The van der Waals surface area contributed by atoms with Crippen LogP contribution in [0.4, 0.5) is 13.6 Å². The molecule has 0 spiro atoms. The van der Waals surface area contributed by atoms with Gasteiger partial charge in [-0.3, -0.25) is 9.69 Å². The highest BCUT2D eigenvalue weighted by molar-refractivity contribution is 6.13. The van der Waals surface area contributed by atoms with Crippen LogP contribution in [0.1, 0.15) is 11.1 Å². The molecule has 0 unspecified atom stereocenters. The number of nitrogens with zero attached hydrogens (tertiary/aromatic N) is 1. The van der Waals surface area contributed by atoms with E-state index in [2.05, 4.69) is 10.1 Å². The molecule has 0 radical (unpaired) electrons. The van der Waals surface area contributed by atoms with Crippen molar-refractivity contribution >= 4 is 18.0 Å². The maximum atomic E-state index is 12.5. The number of urea groups is 1. The molecule has 0 aliphatic carbocycles. The number of ether oxygens (including phenoxy) is 2. The molecule has 1 heterocycles. The van der Waals surface area contributed by atoms with Gasteiger partial charge in [0.05, 0.1) is 13.7 Å². The number of rotatable bonds is 6. The number of carbonyl (C=O) groups excluding carboxylic acids is 2. The maximum Gasteiger partial charge on any atom is 0.387 e. The van der Waals surface area contributed by atoms with Crippen LogP contribution in [0.5, 0.6) is 11.5 Å². The van der Waals surface area contributed by atoms with E-state index in [9.17, 15) is 18.4 Å². The highest BCUT2D eigenvalue weighted by atomic mass is 19.3. The van der Waals surface area contributed by atoms with Gasteiger partial charge >= 0.3 is 12.6 Å². The Morgan fingerprint density at radius 3 is 2.52 bits per heavy atom. The number of hydrogen-bond acceptors (Lipinski definition) is 4. The molecule has 3 rings (SSSR count). The van der Waals surface area contributed by atoms with E-state index in [-0.39, 0.29) is 23.7 Å². The molecule has 0 saturated carbocycles. The van der Waals surface area contributed by atoms with E-state index in [1.54, 1.807) is 0 Å². The number of nitrogens with one attached hydrogen (secondary N) is 1. The summed E-state index contributed by atoms with van der Waals surface area (Å²) in [5.41, 5.74) is 1.39. The Bertz CT molecular complexity index is 885. The van der Waals surface area contributed by atoms with E-state index >= 15 is 0 Å². The van der Waals surface area contributed by atoms with Crippen LogP contribution < -0.4 is 14.8 Å². The molecule has 2 aromatic carbocycles. The minimum absolute atomic E-state index is 0.0838. The lowest BCUT2D eigenvalue weighted by molar-refractivity contribution is -0.123. The van der Waals surface area contributed by atoms with Crippen molar-refractivity contribution in [2.75, 3.05) is 7.11 Å². The van der Waals surface area contributed by atoms with Gasteiger partial charge in [0.1, 0.15) is 5.70 Å². The number of benzene rings is 2. The zero-order valence-corrected chi connectivity index (χ0v) is 14.3. The summed E-state index contributed by atoms with van der Waals surface area (Å²) in [5, 5.41) is 2.51. The molecule has 6 nitrogen and oxygen atoms in total. The number of alkyl halides is 2. The van der Waals surface area contributed by atoms with E-state index in [1.807, 2.05) is 30.3 Å². The van der Waals surface area contributed by atoms with Crippen molar-refractivity contribution in [3.8, 4) is 11.5 Å². The third-order valence-electron chi connectivity index (χ3n) is 3.86. The summed E-state index contributed by atoms with van der Waals surface area (Å²) in [7, 11) is 1.31. The fourth-order valence-corrected chi connectivity index (χ4v) is 2.62. The topological polar surface area (TPSA) is 67.9 Å². The number of hydrogen-bond donors (Lipinski definition) is 1. The van der Waals surface area contributed by atoms with Crippen LogP contribution >= 0.6 is 0 Å². The largest absolute Gasteiger partial charge is 0.493 e. The van der Waals surface area contributed by atoms with Crippen molar-refractivity contribution in [3.63, 3.8) is 0 Å². The molecule has 1 saturated heterocycles. The maximum absolute atomic E-state index is 12.5. The van der Waals surface area contributed by atoms with Crippen molar-refractivity contribution in [2.45, 2.75) is 13.2 Å². The Kier molecular flexibility index (Phi) is 5.35. The molecule has 0 aromatic heterocycles. The Morgan fingerprint density at radius 1 is 1.11 bits per heavy atom. The predicted octanol–water partition coefficient (Wildman–Crippen LogP) is 3.39. The van der Waals surface area contributed by atoms with Crippen molar-refractivity contribution in [1.82, 2.24) is 10.2 Å². The number of carbonyl (C=O) groups is 2. The van der Waals surface area contributed by atoms with E-state index in [1.165, 1.54) is 31.4 Å². The van der Waals surface area contributed by atoms with E-state index < -0.39 is 18.5 Å². The molecule has 1 fully saturated rings. The van der Waals surface area contributed by atoms with E-state index in [0.29, 0.717) is 5.56 Å². The lowest BCUT2D eigenvalue weighted by Crippen LogP contribution is -2.30. The van der Waals surface area contributed by atoms with Gasteiger partial charge in [-0.1, -0.05) is 36.4 Å². The lowest BCUT2D eigenvalue weighted by atomic mass is 10.1. The molecule has 0 atom stereocenters. The molecule has 1 N–H and O–H groups in total. The molecule has 1 aliphatic heterocycles. The molecule has 140 valence electrons. The average molecular weight is 374 g/mol. The van der Waals surface area contributed by atoms with Crippen molar-refractivity contribution < 1.29 is 27.8 Å². The van der Waals surface area contributed by atoms with Crippen LogP contribution in [0.3, 0.4) is 0 Å². The molecular formula is C19H16F2N2O4. The first kappa shape index (κ1) is 18.4. The SMILES string of the molecule is COc1cc(/C=C2\NC(=O)N(Cc3ccccc3)C2=O)ccc1OC(F)F. The molecule has 8 heteroatoms. The molecule has 1 aliphatic rings. The van der Waals surface area contributed by atoms with E-state index in [4.69, 9.17) is 4.74 Å². The lowest BCUT2D eigenvalue weighted by Gasteiger charge is -2.11. The fraction of sp³-hybridized carbons (Fsp3) is 0.158. The minimum atomic E-state index is -2.98. The van der Waals surface area contributed by atoms with Crippen LogP contribution in [0, 0.1) is 0 Å². The second kappa shape index (κ2) is 7.86. The molecule has 3 amide bonds. The van der Waals surface area contributed by atoms with E-state index in [0.717, 1.165) is 10.5 Å². The summed E-state index contributed by atoms with van der Waals surface area (Å²) in [6, 6.07) is 12.8. The monoisotopic (exact) mass is 374 g/mol. The highest BCUT2D eigenvalue weighted by Gasteiger charge is 2.33. The molecular weight excluding hydrogens is 358 g/mol. The Labute approximate surface area is 154 Å². The summed E-state index contributed by atoms with van der Waals surface area (Å²) in [5.74, 6) is -0.513. The first-order valence-electron chi connectivity index (χ1n) is 7.99. The summed E-state index contributed by atoms with van der Waals surface area (Å²) in [6.07, 6.45) is 1.44. The number of methoxy groups -OCH3 is 1. The highest BCUT2D eigenvalue weighted by Crippen LogP contribution is 2.30. The number of imide groups is 1. The first-order chi connectivity index (χ1) is 13.0. The van der Waals surface area contributed by atoms with Gasteiger partial charge in [0, 0.05) is 0 Å². The molecule has 27 heavy (non-hydrogen) atoms.